The maximum absolute atomic E-state index is 11.2. The first-order valence-corrected chi connectivity index (χ1v) is 5.26. The Morgan fingerprint density at radius 2 is 2.47 bits per heavy atom. The van der Waals surface area contributed by atoms with Crippen LogP contribution in [0.4, 0.5) is 0 Å². The molecule has 1 rings (SSSR count). The van der Waals surface area contributed by atoms with Gasteiger partial charge in [0.15, 0.2) is 0 Å². The number of methoxy groups -OCH3 is 1. The summed E-state index contributed by atoms with van der Waals surface area (Å²) in [5.41, 5.74) is 0.967. The van der Waals surface area contributed by atoms with Crippen molar-refractivity contribution in [1.82, 2.24) is 10.3 Å². The second-order valence-corrected chi connectivity index (χ2v) is 3.40. The number of nitrogens with one attached hydrogen (secondary N) is 1. The topological polar surface area (TPSA) is 51.2 Å². The minimum absolute atomic E-state index is 0.000721. The van der Waals surface area contributed by atoms with Crippen LogP contribution in [-0.4, -0.2) is 23.8 Å². The third-order valence-corrected chi connectivity index (χ3v) is 2.06. The van der Waals surface area contributed by atoms with Gasteiger partial charge in [0.1, 0.15) is 0 Å². The highest BCUT2D eigenvalue weighted by atomic mass is 32.1. The van der Waals surface area contributed by atoms with Gasteiger partial charge in [-0.15, -0.1) is 0 Å². The molecule has 15 heavy (non-hydrogen) atoms. The van der Waals surface area contributed by atoms with Crippen molar-refractivity contribution < 1.29 is 9.53 Å². The van der Waals surface area contributed by atoms with Crippen molar-refractivity contribution in [3.05, 3.63) is 23.9 Å². The second kappa shape index (κ2) is 6.29. The molecule has 0 radical (unpaired) electrons. The zero-order valence-electron chi connectivity index (χ0n) is 8.56. The van der Waals surface area contributed by atoms with Crippen LogP contribution in [0.25, 0.3) is 0 Å². The lowest BCUT2D eigenvalue weighted by molar-refractivity contribution is -0.120. The van der Waals surface area contributed by atoms with E-state index in [1.807, 2.05) is 6.07 Å². The van der Waals surface area contributed by atoms with Gasteiger partial charge in [0.25, 0.3) is 0 Å². The summed E-state index contributed by atoms with van der Waals surface area (Å²) in [4.78, 5) is 15.1. The molecule has 1 heterocycles. The van der Waals surface area contributed by atoms with Crippen LogP contribution in [0.1, 0.15) is 12.0 Å². The van der Waals surface area contributed by atoms with E-state index in [9.17, 15) is 4.79 Å². The predicted octanol–water partition coefficient (Wildman–Crippen LogP) is 1.03. The highest BCUT2D eigenvalue weighted by molar-refractivity contribution is 7.80. The number of hydrogen-bond acceptors (Lipinski definition) is 4. The van der Waals surface area contributed by atoms with Crippen molar-refractivity contribution in [2.75, 3.05) is 12.9 Å². The third kappa shape index (κ3) is 4.20. The number of aromatic nitrogens is 1. The van der Waals surface area contributed by atoms with Gasteiger partial charge in [-0.1, -0.05) is 0 Å². The first-order valence-electron chi connectivity index (χ1n) is 4.62. The molecule has 0 unspecified atom stereocenters. The number of nitrogens with zero attached hydrogens (tertiary/aromatic N) is 1. The minimum Gasteiger partial charge on any atom is -0.481 e. The fourth-order valence-electron chi connectivity index (χ4n) is 1.06. The maximum Gasteiger partial charge on any atom is 0.221 e. The normalized spacial score (nSPS) is 9.73. The molecule has 5 heteroatoms. The molecule has 0 spiro atoms. The molecule has 0 bridgehead atoms. The summed E-state index contributed by atoms with van der Waals surface area (Å²) < 4.78 is 4.97. The van der Waals surface area contributed by atoms with Crippen LogP contribution in [0.2, 0.25) is 0 Å². The van der Waals surface area contributed by atoms with E-state index in [1.165, 1.54) is 0 Å². The van der Waals surface area contributed by atoms with Gasteiger partial charge in [0, 0.05) is 25.2 Å². The summed E-state index contributed by atoms with van der Waals surface area (Å²) in [5, 5.41) is 2.78. The van der Waals surface area contributed by atoms with Crippen LogP contribution in [0, 0.1) is 0 Å². The molecule has 4 nitrogen and oxygen atoms in total. The Morgan fingerprint density at radius 1 is 1.67 bits per heavy atom. The van der Waals surface area contributed by atoms with Crippen LogP contribution in [0.3, 0.4) is 0 Å². The summed E-state index contributed by atoms with van der Waals surface area (Å²) in [5.74, 6) is 1.11. The zero-order valence-corrected chi connectivity index (χ0v) is 9.46. The molecule has 0 aliphatic carbocycles. The fraction of sp³-hybridized carbons (Fsp3) is 0.400. The molecule has 0 aromatic carbocycles. The molecular formula is C10H14N2O2S. The Hall–Kier alpha value is -1.23. The van der Waals surface area contributed by atoms with Crippen LogP contribution in [-0.2, 0) is 11.3 Å². The Balaban J connectivity index is 2.46. The summed E-state index contributed by atoms with van der Waals surface area (Å²) in [6, 6.07) is 3.63. The Kier molecular flexibility index (Phi) is 4.97. The van der Waals surface area contributed by atoms with Gasteiger partial charge in [-0.25, -0.2) is 4.98 Å². The highest BCUT2D eigenvalue weighted by Gasteiger charge is 2.00. The van der Waals surface area contributed by atoms with Crippen molar-refractivity contribution in [3.63, 3.8) is 0 Å². The quantitative estimate of drug-likeness (QED) is 0.737. The fourth-order valence-corrected chi connectivity index (χ4v) is 1.27. The highest BCUT2D eigenvalue weighted by Crippen LogP contribution is 2.07. The number of pyridine rings is 1. The lowest BCUT2D eigenvalue weighted by Gasteiger charge is -2.05. The average Bonchev–Trinajstić information content (AvgIpc) is 2.27. The minimum atomic E-state index is 0.000721. The molecule has 0 saturated carbocycles. The number of thiol groups is 1. The van der Waals surface area contributed by atoms with Crippen LogP contribution in [0.5, 0.6) is 5.88 Å². The number of amides is 1. The molecule has 82 valence electrons. The van der Waals surface area contributed by atoms with Crippen molar-refractivity contribution in [1.29, 1.82) is 0 Å². The van der Waals surface area contributed by atoms with E-state index in [2.05, 4.69) is 22.9 Å². The van der Waals surface area contributed by atoms with Crippen molar-refractivity contribution in [3.8, 4) is 5.88 Å². The number of carbonyl (C=O) groups excluding carboxylic acids is 1. The van der Waals surface area contributed by atoms with E-state index >= 15 is 0 Å². The van der Waals surface area contributed by atoms with Crippen LogP contribution >= 0.6 is 12.6 Å². The standard InChI is InChI=1S/C10H14N2O2S/c1-14-10-6-8(2-4-11-10)7-12-9(13)3-5-15/h2,4,6,15H,3,5,7H2,1H3,(H,12,13). The van der Waals surface area contributed by atoms with E-state index < -0.39 is 0 Å². The molecular weight excluding hydrogens is 212 g/mol. The molecule has 0 aliphatic rings. The van der Waals surface area contributed by atoms with Crippen molar-refractivity contribution >= 4 is 18.5 Å². The molecule has 1 aromatic rings. The van der Waals surface area contributed by atoms with E-state index in [4.69, 9.17) is 4.74 Å². The van der Waals surface area contributed by atoms with Gasteiger partial charge >= 0.3 is 0 Å². The van der Waals surface area contributed by atoms with Gasteiger partial charge in [-0.2, -0.15) is 12.6 Å². The number of ether oxygens (including phenoxy) is 1. The second-order valence-electron chi connectivity index (χ2n) is 2.96. The molecule has 0 atom stereocenters. The van der Waals surface area contributed by atoms with Gasteiger partial charge < -0.3 is 10.1 Å². The molecule has 0 fully saturated rings. The van der Waals surface area contributed by atoms with E-state index in [1.54, 1.807) is 19.4 Å². The van der Waals surface area contributed by atoms with Crippen LogP contribution in [0.15, 0.2) is 18.3 Å². The predicted molar refractivity (Wildman–Crippen MR) is 61.1 cm³/mol. The molecule has 1 amide bonds. The lowest BCUT2D eigenvalue weighted by Crippen LogP contribution is -2.22. The molecule has 1 aromatic heterocycles. The van der Waals surface area contributed by atoms with Crippen molar-refractivity contribution in [2.24, 2.45) is 0 Å². The molecule has 1 N–H and O–H groups in total. The Bertz CT molecular complexity index is 331. The Morgan fingerprint density at radius 3 is 3.13 bits per heavy atom. The van der Waals surface area contributed by atoms with Gasteiger partial charge in [0.2, 0.25) is 11.8 Å². The van der Waals surface area contributed by atoms with Gasteiger partial charge in [-0.05, 0) is 17.4 Å². The van der Waals surface area contributed by atoms with E-state index in [0.29, 0.717) is 24.6 Å². The maximum atomic E-state index is 11.2. The average molecular weight is 226 g/mol. The summed E-state index contributed by atoms with van der Waals surface area (Å²) in [7, 11) is 1.56. The first kappa shape index (κ1) is 11.8. The van der Waals surface area contributed by atoms with E-state index in [-0.39, 0.29) is 5.91 Å². The SMILES string of the molecule is COc1cc(CNC(=O)CCS)ccn1. The summed E-state index contributed by atoms with van der Waals surface area (Å²) >= 11 is 3.98. The third-order valence-electron chi connectivity index (χ3n) is 1.84. The largest absolute Gasteiger partial charge is 0.481 e. The smallest absolute Gasteiger partial charge is 0.221 e. The number of rotatable bonds is 5. The van der Waals surface area contributed by atoms with Crippen LogP contribution < -0.4 is 10.1 Å². The van der Waals surface area contributed by atoms with Gasteiger partial charge in [0.05, 0.1) is 7.11 Å². The van der Waals surface area contributed by atoms with Crippen molar-refractivity contribution in [2.45, 2.75) is 13.0 Å². The van der Waals surface area contributed by atoms with Gasteiger partial charge in [-0.3, -0.25) is 4.79 Å². The van der Waals surface area contributed by atoms with E-state index in [0.717, 1.165) is 5.56 Å². The number of carbonyl (C=O) groups is 1. The molecule has 0 saturated heterocycles. The lowest BCUT2D eigenvalue weighted by atomic mass is 10.2. The first-order chi connectivity index (χ1) is 7.26. The summed E-state index contributed by atoms with van der Waals surface area (Å²) in [6.07, 6.45) is 2.09. The molecule has 0 aliphatic heterocycles. The zero-order chi connectivity index (χ0) is 11.1. The summed E-state index contributed by atoms with van der Waals surface area (Å²) in [6.45, 7) is 0.492. The monoisotopic (exact) mass is 226 g/mol. The number of hydrogen-bond donors (Lipinski definition) is 2. The Labute approximate surface area is 94.5 Å².